The fourth-order valence-electron chi connectivity index (χ4n) is 3.23. The molecule has 1 aliphatic rings. The molecule has 0 aliphatic carbocycles. The minimum atomic E-state index is 0.746. The van der Waals surface area contributed by atoms with E-state index in [4.69, 9.17) is 9.47 Å². The van der Waals surface area contributed by atoms with Crippen LogP contribution in [-0.2, 0) is 6.42 Å². The molecule has 122 valence electrons. The first-order valence-corrected chi connectivity index (χ1v) is 8.36. The van der Waals surface area contributed by atoms with Crippen LogP contribution in [0.5, 0.6) is 17.2 Å². The van der Waals surface area contributed by atoms with Gasteiger partial charge in [-0.05, 0) is 69.1 Å². The number of benzene rings is 2. The number of ether oxygens (including phenoxy) is 2. The molecule has 3 heteroatoms. The summed E-state index contributed by atoms with van der Waals surface area (Å²) in [5.41, 5.74) is 1.37. The van der Waals surface area contributed by atoms with Crippen LogP contribution in [0.1, 0.15) is 24.8 Å². The summed E-state index contributed by atoms with van der Waals surface area (Å²) in [6.45, 7) is 1.25. The summed E-state index contributed by atoms with van der Waals surface area (Å²) in [6, 6.07) is 16.9. The standard InChI is InChI=1S/C20H25NO2/c1-21-15-5-6-17(21)12-9-16-10-13-18(14-11-16)23-20-8-4-3-7-19(20)22-2/h3-4,7-8,10-11,13-14,17H,5-6,9,12,15H2,1-2H3. The molecule has 3 nitrogen and oxygen atoms in total. The smallest absolute Gasteiger partial charge is 0.169 e. The number of aryl methyl sites for hydroxylation is 1. The lowest BCUT2D eigenvalue weighted by molar-refractivity contribution is 0.296. The topological polar surface area (TPSA) is 21.7 Å². The molecule has 0 amide bonds. The first kappa shape index (κ1) is 15.9. The Bertz CT molecular complexity index is 624. The highest BCUT2D eigenvalue weighted by Gasteiger charge is 2.20. The molecular weight excluding hydrogens is 286 g/mol. The zero-order valence-electron chi connectivity index (χ0n) is 14.0. The van der Waals surface area contributed by atoms with Crippen molar-refractivity contribution in [1.29, 1.82) is 0 Å². The van der Waals surface area contributed by atoms with E-state index in [1.165, 1.54) is 31.4 Å². The Hall–Kier alpha value is -2.00. The van der Waals surface area contributed by atoms with Crippen LogP contribution in [0.25, 0.3) is 0 Å². The van der Waals surface area contributed by atoms with E-state index in [-0.39, 0.29) is 0 Å². The molecule has 0 radical (unpaired) electrons. The van der Waals surface area contributed by atoms with E-state index in [9.17, 15) is 0 Å². The van der Waals surface area contributed by atoms with Crippen molar-refractivity contribution >= 4 is 0 Å². The van der Waals surface area contributed by atoms with E-state index in [0.717, 1.165) is 29.7 Å². The van der Waals surface area contributed by atoms with Crippen LogP contribution >= 0.6 is 0 Å². The second kappa shape index (κ2) is 7.51. The molecule has 1 atom stereocenters. The molecule has 1 heterocycles. The molecule has 23 heavy (non-hydrogen) atoms. The fraction of sp³-hybridized carbons (Fsp3) is 0.400. The van der Waals surface area contributed by atoms with Crippen molar-refractivity contribution in [3.63, 3.8) is 0 Å². The third kappa shape index (κ3) is 4.05. The number of likely N-dealkylation sites (tertiary alicyclic amines) is 1. The predicted octanol–water partition coefficient (Wildman–Crippen LogP) is 4.51. The first-order valence-electron chi connectivity index (χ1n) is 8.36. The first-order chi connectivity index (χ1) is 11.3. The number of nitrogens with zero attached hydrogens (tertiary/aromatic N) is 1. The van der Waals surface area contributed by atoms with Crippen molar-refractivity contribution in [1.82, 2.24) is 4.90 Å². The van der Waals surface area contributed by atoms with Crippen LogP contribution in [-0.4, -0.2) is 31.6 Å². The summed E-state index contributed by atoms with van der Waals surface area (Å²) < 4.78 is 11.2. The highest BCUT2D eigenvalue weighted by Crippen LogP contribution is 2.31. The maximum absolute atomic E-state index is 5.92. The van der Waals surface area contributed by atoms with Gasteiger partial charge >= 0.3 is 0 Å². The van der Waals surface area contributed by atoms with Gasteiger partial charge in [0.1, 0.15) is 5.75 Å². The second-order valence-corrected chi connectivity index (χ2v) is 6.21. The van der Waals surface area contributed by atoms with Crippen molar-refractivity contribution in [2.75, 3.05) is 20.7 Å². The highest BCUT2D eigenvalue weighted by atomic mass is 16.5. The SMILES string of the molecule is COc1ccccc1Oc1ccc(CCC2CCCN2C)cc1. The normalized spacial score (nSPS) is 18.1. The zero-order chi connectivity index (χ0) is 16.1. The van der Waals surface area contributed by atoms with E-state index in [1.54, 1.807) is 7.11 Å². The molecule has 1 unspecified atom stereocenters. The van der Waals surface area contributed by atoms with Crippen LogP contribution in [0.3, 0.4) is 0 Å². The Kier molecular flexibility index (Phi) is 5.19. The van der Waals surface area contributed by atoms with Crippen LogP contribution < -0.4 is 9.47 Å². The summed E-state index contributed by atoms with van der Waals surface area (Å²) in [4.78, 5) is 2.49. The summed E-state index contributed by atoms with van der Waals surface area (Å²) in [6.07, 6.45) is 5.05. The molecule has 0 N–H and O–H groups in total. The Balaban J connectivity index is 1.58. The Morgan fingerprint density at radius 1 is 1.04 bits per heavy atom. The van der Waals surface area contributed by atoms with Gasteiger partial charge in [-0.25, -0.2) is 0 Å². The van der Waals surface area contributed by atoms with Gasteiger partial charge in [-0.15, -0.1) is 0 Å². The van der Waals surface area contributed by atoms with Gasteiger partial charge in [0.2, 0.25) is 0 Å². The van der Waals surface area contributed by atoms with Crippen LogP contribution in [0.4, 0.5) is 0 Å². The molecule has 0 aromatic heterocycles. The maximum Gasteiger partial charge on any atom is 0.169 e. The molecule has 1 saturated heterocycles. The Labute approximate surface area is 138 Å². The molecule has 1 fully saturated rings. The van der Waals surface area contributed by atoms with E-state index in [2.05, 4.69) is 24.1 Å². The number of rotatable bonds is 6. The largest absolute Gasteiger partial charge is 0.493 e. The summed E-state index contributed by atoms with van der Waals surface area (Å²) >= 11 is 0. The quantitative estimate of drug-likeness (QED) is 0.783. The van der Waals surface area contributed by atoms with Gasteiger partial charge in [-0.1, -0.05) is 24.3 Å². The van der Waals surface area contributed by atoms with E-state index in [1.807, 2.05) is 36.4 Å². The minimum Gasteiger partial charge on any atom is -0.493 e. The van der Waals surface area contributed by atoms with Crippen molar-refractivity contribution in [2.24, 2.45) is 0 Å². The zero-order valence-corrected chi connectivity index (χ0v) is 14.0. The summed E-state index contributed by atoms with van der Waals surface area (Å²) in [5, 5.41) is 0. The third-order valence-corrected chi connectivity index (χ3v) is 4.66. The Morgan fingerprint density at radius 3 is 2.43 bits per heavy atom. The molecule has 1 aliphatic heterocycles. The van der Waals surface area contributed by atoms with Gasteiger partial charge < -0.3 is 14.4 Å². The lowest BCUT2D eigenvalue weighted by atomic mass is 10.0. The third-order valence-electron chi connectivity index (χ3n) is 4.66. The van der Waals surface area contributed by atoms with Gasteiger partial charge in [0.25, 0.3) is 0 Å². The molecule has 0 saturated carbocycles. The average Bonchev–Trinajstić information content (AvgIpc) is 3.00. The number of methoxy groups -OCH3 is 1. The molecule has 2 aromatic carbocycles. The predicted molar refractivity (Wildman–Crippen MR) is 93.5 cm³/mol. The molecular formula is C20H25NO2. The van der Waals surface area contributed by atoms with Gasteiger partial charge in [0.15, 0.2) is 11.5 Å². The maximum atomic E-state index is 5.92. The lowest BCUT2D eigenvalue weighted by Crippen LogP contribution is -2.25. The van der Waals surface area contributed by atoms with Crippen molar-refractivity contribution in [3.8, 4) is 17.2 Å². The van der Waals surface area contributed by atoms with Gasteiger partial charge in [0.05, 0.1) is 7.11 Å². The van der Waals surface area contributed by atoms with Crippen LogP contribution in [0.15, 0.2) is 48.5 Å². The average molecular weight is 311 g/mol. The summed E-state index contributed by atoms with van der Waals surface area (Å²) in [7, 11) is 3.90. The number of para-hydroxylation sites is 2. The second-order valence-electron chi connectivity index (χ2n) is 6.21. The van der Waals surface area contributed by atoms with Crippen molar-refractivity contribution in [2.45, 2.75) is 31.7 Å². The monoisotopic (exact) mass is 311 g/mol. The van der Waals surface area contributed by atoms with Crippen LogP contribution in [0.2, 0.25) is 0 Å². The molecule has 3 rings (SSSR count). The highest BCUT2D eigenvalue weighted by molar-refractivity contribution is 5.43. The molecule has 0 bridgehead atoms. The van der Waals surface area contributed by atoms with Crippen molar-refractivity contribution < 1.29 is 9.47 Å². The summed E-state index contributed by atoms with van der Waals surface area (Å²) in [5.74, 6) is 2.34. The fourth-order valence-corrected chi connectivity index (χ4v) is 3.23. The molecule has 0 spiro atoms. The van der Waals surface area contributed by atoms with Gasteiger partial charge in [-0.3, -0.25) is 0 Å². The van der Waals surface area contributed by atoms with Gasteiger partial charge in [-0.2, -0.15) is 0 Å². The van der Waals surface area contributed by atoms with Crippen molar-refractivity contribution in [3.05, 3.63) is 54.1 Å². The molecule has 2 aromatic rings. The van der Waals surface area contributed by atoms with Gasteiger partial charge in [0, 0.05) is 6.04 Å². The number of hydrogen-bond acceptors (Lipinski definition) is 3. The van der Waals surface area contributed by atoms with E-state index >= 15 is 0 Å². The lowest BCUT2D eigenvalue weighted by Gasteiger charge is -2.19. The van der Waals surface area contributed by atoms with E-state index < -0.39 is 0 Å². The minimum absolute atomic E-state index is 0.746. The number of hydrogen-bond donors (Lipinski definition) is 0. The van der Waals surface area contributed by atoms with E-state index in [0.29, 0.717) is 0 Å². The van der Waals surface area contributed by atoms with Crippen LogP contribution in [0, 0.1) is 0 Å². The Morgan fingerprint density at radius 2 is 1.78 bits per heavy atom.